The quantitative estimate of drug-likeness (QED) is 0.694. The Bertz CT molecular complexity index is 1080. The summed E-state index contributed by atoms with van der Waals surface area (Å²) in [6.07, 6.45) is 1.62. The zero-order valence-electron chi connectivity index (χ0n) is 18.9. The minimum absolute atomic E-state index is 0.148. The first-order valence-corrected chi connectivity index (χ1v) is 11.7. The molecule has 9 heteroatoms. The van der Waals surface area contributed by atoms with E-state index in [1.54, 1.807) is 44.6 Å². The summed E-state index contributed by atoms with van der Waals surface area (Å²) in [5.41, 5.74) is 1.55. The number of benzene rings is 2. The highest BCUT2D eigenvalue weighted by atomic mass is 32.2. The van der Waals surface area contributed by atoms with Gasteiger partial charge in [-0.1, -0.05) is 11.8 Å². The van der Waals surface area contributed by atoms with Crippen molar-refractivity contribution in [3.05, 3.63) is 53.8 Å². The summed E-state index contributed by atoms with van der Waals surface area (Å²) in [6.45, 7) is 1.80. The number of rotatable bonds is 6. The molecule has 2 aliphatic rings. The number of ether oxygens (including phenoxy) is 2. The van der Waals surface area contributed by atoms with Crippen LogP contribution in [0.15, 0.2) is 52.4 Å². The second kappa shape index (κ2) is 9.93. The number of halogens is 1. The summed E-state index contributed by atoms with van der Waals surface area (Å²) in [5, 5.41) is 3.59. The van der Waals surface area contributed by atoms with E-state index in [1.807, 2.05) is 0 Å². The summed E-state index contributed by atoms with van der Waals surface area (Å²) in [6, 6.07) is 11.5. The number of aliphatic imine (C=N–C) groups is 2. The Kier molecular flexibility index (Phi) is 6.99. The molecular weight excluding hydrogens is 443 g/mol. The van der Waals surface area contributed by atoms with Crippen molar-refractivity contribution < 1.29 is 18.7 Å². The van der Waals surface area contributed by atoms with Gasteiger partial charge < -0.3 is 19.7 Å². The van der Waals surface area contributed by atoms with Crippen molar-refractivity contribution in [2.45, 2.75) is 18.5 Å². The molecule has 0 atom stereocenters. The van der Waals surface area contributed by atoms with Gasteiger partial charge in [0.25, 0.3) is 0 Å². The number of thioether (sulfide) groups is 1. The fourth-order valence-electron chi connectivity index (χ4n) is 3.85. The van der Waals surface area contributed by atoms with Gasteiger partial charge in [0.2, 0.25) is 5.91 Å². The maximum absolute atomic E-state index is 13.5. The van der Waals surface area contributed by atoms with Gasteiger partial charge in [0.15, 0.2) is 5.66 Å². The monoisotopic (exact) mass is 470 g/mol. The number of hydrogen-bond acceptors (Lipinski definition) is 7. The number of nitrogens with zero attached hydrogens (tertiary/aromatic N) is 3. The summed E-state index contributed by atoms with van der Waals surface area (Å²) in [7, 11) is 5.20. The number of carbonyl (C=O) groups excluding carboxylic acids is 1. The molecule has 0 unspecified atom stereocenters. The van der Waals surface area contributed by atoms with Crippen LogP contribution < -0.4 is 14.8 Å². The third-order valence-electron chi connectivity index (χ3n) is 5.76. The zero-order valence-corrected chi connectivity index (χ0v) is 19.7. The topological polar surface area (TPSA) is 75.5 Å². The van der Waals surface area contributed by atoms with Gasteiger partial charge in [-0.2, -0.15) is 0 Å². The number of nitrogens with one attached hydrogen (secondary N) is 1. The maximum Gasteiger partial charge on any atom is 0.234 e. The van der Waals surface area contributed by atoms with Gasteiger partial charge in [0, 0.05) is 37.6 Å². The summed E-state index contributed by atoms with van der Waals surface area (Å²) in [5.74, 6) is 0.816. The van der Waals surface area contributed by atoms with E-state index in [1.165, 1.54) is 23.9 Å². The largest absolute Gasteiger partial charge is 0.497 e. The lowest BCUT2D eigenvalue weighted by atomic mass is 9.99. The summed E-state index contributed by atoms with van der Waals surface area (Å²) in [4.78, 5) is 25.0. The van der Waals surface area contributed by atoms with Gasteiger partial charge >= 0.3 is 0 Å². The predicted molar refractivity (Wildman–Crippen MR) is 130 cm³/mol. The molecule has 2 aromatic carbocycles. The van der Waals surface area contributed by atoms with Crippen LogP contribution in [0, 0.1) is 5.82 Å². The van der Waals surface area contributed by atoms with Gasteiger partial charge in [-0.25, -0.2) is 9.38 Å². The minimum atomic E-state index is -0.509. The van der Waals surface area contributed by atoms with Gasteiger partial charge in [-0.05, 0) is 43.4 Å². The molecule has 0 saturated carbocycles. The average Bonchev–Trinajstić information content (AvgIpc) is 3.18. The Labute approximate surface area is 197 Å². The lowest BCUT2D eigenvalue weighted by molar-refractivity contribution is -0.113. The fourth-order valence-corrected chi connectivity index (χ4v) is 4.73. The van der Waals surface area contributed by atoms with Crippen LogP contribution in [-0.2, 0) is 4.79 Å². The molecule has 1 fully saturated rings. The van der Waals surface area contributed by atoms with Crippen molar-refractivity contribution in [3.8, 4) is 11.5 Å². The first kappa shape index (κ1) is 23.3. The number of anilines is 1. The van der Waals surface area contributed by atoms with E-state index in [0.29, 0.717) is 22.2 Å². The molecule has 2 heterocycles. The SMILES string of the molecule is COc1ccc(OC)c(NC(=O)CSC2=NC3(CCN(C)CC3)N=C2c2ccc(F)cc2)c1. The second-order valence-corrected chi connectivity index (χ2v) is 9.04. The van der Waals surface area contributed by atoms with E-state index in [-0.39, 0.29) is 17.5 Å². The predicted octanol–water partition coefficient (Wildman–Crippen LogP) is 3.84. The first-order valence-electron chi connectivity index (χ1n) is 10.7. The summed E-state index contributed by atoms with van der Waals surface area (Å²) < 4.78 is 24.1. The van der Waals surface area contributed by atoms with Crippen LogP contribution in [0.4, 0.5) is 10.1 Å². The number of carbonyl (C=O) groups is 1. The maximum atomic E-state index is 13.5. The van der Waals surface area contributed by atoms with E-state index in [9.17, 15) is 9.18 Å². The first-order chi connectivity index (χ1) is 15.9. The minimum Gasteiger partial charge on any atom is -0.497 e. The van der Waals surface area contributed by atoms with Crippen molar-refractivity contribution in [1.82, 2.24) is 4.90 Å². The number of amides is 1. The molecule has 2 aromatic rings. The van der Waals surface area contributed by atoms with Gasteiger partial charge in [-0.15, -0.1) is 0 Å². The molecule has 1 N–H and O–H groups in total. The van der Waals surface area contributed by atoms with E-state index in [0.717, 1.165) is 37.2 Å². The Balaban J connectivity index is 1.51. The van der Waals surface area contributed by atoms with Gasteiger partial charge in [-0.3, -0.25) is 9.79 Å². The molecule has 0 aromatic heterocycles. The van der Waals surface area contributed by atoms with Crippen LogP contribution in [0.1, 0.15) is 18.4 Å². The molecule has 1 spiro atoms. The van der Waals surface area contributed by atoms with E-state index in [4.69, 9.17) is 19.5 Å². The van der Waals surface area contributed by atoms with Crippen LogP contribution in [0.2, 0.25) is 0 Å². The average molecular weight is 471 g/mol. The highest BCUT2D eigenvalue weighted by Crippen LogP contribution is 2.35. The van der Waals surface area contributed by atoms with E-state index >= 15 is 0 Å². The molecule has 174 valence electrons. The highest BCUT2D eigenvalue weighted by molar-refractivity contribution is 8.16. The normalized spacial score (nSPS) is 17.5. The lowest BCUT2D eigenvalue weighted by Gasteiger charge is -2.33. The Hall–Kier alpha value is -2.91. The number of piperidine rings is 1. The number of methoxy groups -OCH3 is 2. The van der Waals surface area contributed by atoms with Crippen LogP contribution in [0.3, 0.4) is 0 Å². The highest BCUT2D eigenvalue weighted by Gasteiger charge is 2.39. The Morgan fingerprint density at radius 2 is 1.85 bits per heavy atom. The molecule has 0 aliphatic carbocycles. The van der Waals surface area contributed by atoms with Crippen molar-refractivity contribution in [1.29, 1.82) is 0 Å². The van der Waals surface area contributed by atoms with Crippen LogP contribution in [0.5, 0.6) is 11.5 Å². The van der Waals surface area contributed by atoms with Gasteiger partial charge in [0.1, 0.15) is 22.4 Å². The van der Waals surface area contributed by atoms with Crippen LogP contribution in [-0.4, -0.2) is 67.3 Å². The summed E-state index contributed by atoms with van der Waals surface area (Å²) >= 11 is 1.34. The van der Waals surface area contributed by atoms with E-state index in [2.05, 4.69) is 17.3 Å². The Morgan fingerprint density at radius 1 is 1.12 bits per heavy atom. The van der Waals surface area contributed by atoms with Crippen molar-refractivity contribution >= 4 is 34.1 Å². The molecule has 33 heavy (non-hydrogen) atoms. The van der Waals surface area contributed by atoms with Crippen molar-refractivity contribution in [3.63, 3.8) is 0 Å². The molecule has 4 rings (SSSR count). The smallest absolute Gasteiger partial charge is 0.234 e. The third-order valence-corrected chi connectivity index (χ3v) is 6.72. The third kappa shape index (κ3) is 5.36. The van der Waals surface area contributed by atoms with Crippen LogP contribution >= 0.6 is 11.8 Å². The standard InChI is InChI=1S/C24H27FN4O3S/c1-29-12-10-24(11-13-29)27-22(16-4-6-17(25)7-5-16)23(28-24)33-15-21(30)26-19-14-18(31-2)8-9-20(19)32-3/h4-9,14H,10-13,15H2,1-3H3,(H,26,30). The molecule has 1 amide bonds. The molecule has 7 nitrogen and oxygen atoms in total. The fraction of sp³-hybridized carbons (Fsp3) is 0.375. The molecule has 1 saturated heterocycles. The van der Waals surface area contributed by atoms with Crippen molar-refractivity contribution in [2.75, 3.05) is 45.4 Å². The molecule has 0 radical (unpaired) electrons. The molecule has 2 aliphatic heterocycles. The number of hydrogen-bond donors (Lipinski definition) is 1. The second-order valence-electron chi connectivity index (χ2n) is 8.07. The molecule has 0 bridgehead atoms. The number of likely N-dealkylation sites (tertiary alicyclic amines) is 1. The zero-order chi connectivity index (χ0) is 23.4. The van der Waals surface area contributed by atoms with Gasteiger partial charge in [0.05, 0.1) is 31.4 Å². The molecular formula is C24H27FN4O3S. The van der Waals surface area contributed by atoms with E-state index < -0.39 is 5.66 Å². The van der Waals surface area contributed by atoms with Crippen molar-refractivity contribution in [2.24, 2.45) is 9.98 Å². The Morgan fingerprint density at radius 3 is 2.52 bits per heavy atom. The lowest BCUT2D eigenvalue weighted by Crippen LogP contribution is -2.39. The van der Waals surface area contributed by atoms with Crippen LogP contribution in [0.25, 0.3) is 0 Å².